The molecule has 0 amide bonds. The van der Waals surface area contributed by atoms with Crippen LogP contribution in [-0.4, -0.2) is 4.98 Å². The molecule has 68 valence electrons. The van der Waals surface area contributed by atoms with Crippen molar-refractivity contribution in [3.8, 4) is 6.07 Å². The van der Waals surface area contributed by atoms with Gasteiger partial charge in [0.15, 0.2) is 5.82 Å². The molecule has 0 aliphatic heterocycles. The zero-order valence-corrected chi connectivity index (χ0v) is 6.96. The first-order chi connectivity index (χ1) is 6.74. The lowest BCUT2D eigenvalue weighted by atomic mass is 10.1. The van der Waals surface area contributed by atoms with E-state index in [1.54, 1.807) is 12.1 Å². The number of halogens is 2. The molecule has 0 radical (unpaired) electrons. The van der Waals surface area contributed by atoms with E-state index < -0.39 is 17.3 Å². The van der Waals surface area contributed by atoms with Crippen LogP contribution in [0.25, 0.3) is 10.9 Å². The number of fused-ring (bicyclic) bond motifs is 1. The normalized spacial score (nSPS) is 10.1. The molecule has 0 fully saturated rings. The van der Waals surface area contributed by atoms with Crippen molar-refractivity contribution in [2.45, 2.75) is 0 Å². The molecular weight excluding hydrogens is 186 g/mol. The fraction of sp³-hybridized carbons (Fsp3) is 0. The molecule has 0 aliphatic carbocycles. The van der Waals surface area contributed by atoms with E-state index in [1.807, 2.05) is 0 Å². The molecular formula is C10H4F2N2. The number of nitriles is 1. The Kier molecular flexibility index (Phi) is 1.86. The van der Waals surface area contributed by atoms with Crippen LogP contribution >= 0.6 is 0 Å². The van der Waals surface area contributed by atoms with Gasteiger partial charge in [-0.15, -0.1) is 0 Å². The Hall–Kier alpha value is -2.02. The Bertz CT molecular complexity index is 544. The summed E-state index contributed by atoms with van der Waals surface area (Å²) in [6, 6.07) is 7.62. The molecule has 1 aromatic heterocycles. The number of benzene rings is 1. The highest BCUT2D eigenvalue weighted by atomic mass is 19.1. The van der Waals surface area contributed by atoms with Crippen molar-refractivity contribution in [3.63, 3.8) is 0 Å². The Balaban J connectivity index is 2.95. The third-order valence-corrected chi connectivity index (χ3v) is 1.90. The molecule has 2 aromatic rings. The van der Waals surface area contributed by atoms with Crippen LogP contribution in [0.15, 0.2) is 24.3 Å². The standard InChI is InChI=1S/C10H4F2N2/c11-9-6-3-1-2-4-8(6)14-10(12)7(9)5-13/h1-4H. The second-order valence-electron chi connectivity index (χ2n) is 2.72. The van der Waals surface area contributed by atoms with Crippen LogP contribution in [0, 0.1) is 23.1 Å². The van der Waals surface area contributed by atoms with E-state index in [0.29, 0.717) is 0 Å². The van der Waals surface area contributed by atoms with Gasteiger partial charge in [0.1, 0.15) is 11.6 Å². The second-order valence-corrected chi connectivity index (χ2v) is 2.72. The first-order valence-corrected chi connectivity index (χ1v) is 3.88. The van der Waals surface area contributed by atoms with Gasteiger partial charge in [0.2, 0.25) is 5.95 Å². The van der Waals surface area contributed by atoms with Crippen molar-refractivity contribution >= 4 is 10.9 Å². The van der Waals surface area contributed by atoms with Gasteiger partial charge in [-0.2, -0.15) is 9.65 Å². The lowest BCUT2D eigenvalue weighted by Crippen LogP contribution is -1.96. The number of pyridine rings is 1. The van der Waals surface area contributed by atoms with E-state index in [1.165, 1.54) is 18.2 Å². The summed E-state index contributed by atoms with van der Waals surface area (Å²) < 4.78 is 26.4. The van der Waals surface area contributed by atoms with Gasteiger partial charge < -0.3 is 0 Å². The maximum Gasteiger partial charge on any atom is 0.234 e. The molecule has 0 atom stereocenters. The molecule has 0 saturated heterocycles. The van der Waals surface area contributed by atoms with Crippen LogP contribution in [0.5, 0.6) is 0 Å². The minimum absolute atomic E-state index is 0.158. The summed E-state index contributed by atoms with van der Waals surface area (Å²) in [5.41, 5.74) is -0.426. The molecule has 4 heteroatoms. The zero-order valence-electron chi connectivity index (χ0n) is 6.96. The summed E-state index contributed by atoms with van der Waals surface area (Å²) in [5, 5.41) is 8.65. The van der Waals surface area contributed by atoms with Crippen LogP contribution in [0.4, 0.5) is 8.78 Å². The van der Waals surface area contributed by atoms with E-state index in [4.69, 9.17) is 5.26 Å². The fourth-order valence-electron chi connectivity index (χ4n) is 1.24. The smallest absolute Gasteiger partial charge is 0.218 e. The van der Waals surface area contributed by atoms with Crippen LogP contribution in [0.1, 0.15) is 5.56 Å². The van der Waals surface area contributed by atoms with Crippen LogP contribution in [0.3, 0.4) is 0 Å². The summed E-state index contributed by atoms with van der Waals surface area (Å²) >= 11 is 0. The molecule has 0 unspecified atom stereocenters. The monoisotopic (exact) mass is 190 g/mol. The predicted octanol–water partition coefficient (Wildman–Crippen LogP) is 2.38. The van der Waals surface area contributed by atoms with E-state index in [0.717, 1.165) is 0 Å². The average Bonchev–Trinajstić information content (AvgIpc) is 2.18. The van der Waals surface area contributed by atoms with E-state index in [-0.39, 0.29) is 10.9 Å². The number of hydrogen-bond acceptors (Lipinski definition) is 2. The molecule has 1 heterocycles. The van der Waals surface area contributed by atoms with Crippen molar-refractivity contribution in [1.29, 1.82) is 5.26 Å². The van der Waals surface area contributed by atoms with E-state index >= 15 is 0 Å². The molecule has 14 heavy (non-hydrogen) atoms. The molecule has 1 aromatic carbocycles. The summed E-state index contributed by atoms with van der Waals surface area (Å²) in [7, 11) is 0. The highest BCUT2D eigenvalue weighted by molar-refractivity contribution is 5.80. The molecule has 0 N–H and O–H groups in total. The number of aromatic nitrogens is 1. The lowest BCUT2D eigenvalue weighted by molar-refractivity contribution is 0.556. The number of rotatable bonds is 0. The van der Waals surface area contributed by atoms with Crippen LogP contribution in [0.2, 0.25) is 0 Å². The predicted molar refractivity (Wildman–Crippen MR) is 46.4 cm³/mol. The van der Waals surface area contributed by atoms with Crippen molar-refractivity contribution in [1.82, 2.24) is 4.98 Å². The number of para-hydroxylation sites is 1. The lowest BCUT2D eigenvalue weighted by Gasteiger charge is -2.00. The van der Waals surface area contributed by atoms with Crippen molar-refractivity contribution in [3.05, 3.63) is 41.6 Å². The molecule has 0 aliphatic rings. The minimum Gasteiger partial charge on any atom is -0.218 e. The van der Waals surface area contributed by atoms with E-state index in [9.17, 15) is 8.78 Å². The molecule has 0 spiro atoms. The van der Waals surface area contributed by atoms with Gasteiger partial charge in [-0.05, 0) is 12.1 Å². The first kappa shape index (κ1) is 8.57. The highest BCUT2D eigenvalue weighted by Gasteiger charge is 2.13. The zero-order chi connectivity index (χ0) is 10.1. The first-order valence-electron chi connectivity index (χ1n) is 3.88. The Morgan fingerprint density at radius 1 is 1.21 bits per heavy atom. The number of hydrogen-bond donors (Lipinski definition) is 0. The van der Waals surface area contributed by atoms with Gasteiger partial charge in [0.05, 0.1) is 5.52 Å². The third kappa shape index (κ3) is 1.11. The third-order valence-electron chi connectivity index (χ3n) is 1.90. The van der Waals surface area contributed by atoms with Crippen molar-refractivity contribution in [2.24, 2.45) is 0 Å². The Labute approximate surface area is 78.4 Å². The Morgan fingerprint density at radius 2 is 1.93 bits per heavy atom. The maximum absolute atomic E-state index is 13.4. The van der Waals surface area contributed by atoms with Gasteiger partial charge in [0.25, 0.3) is 0 Å². The Morgan fingerprint density at radius 3 is 2.64 bits per heavy atom. The summed E-state index contributed by atoms with van der Waals surface area (Å²) in [4.78, 5) is 3.48. The van der Waals surface area contributed by atoms with Crippen molar-refractivity contribution in [2.75, 3.05) is 0 Å². The van der Waals surface area contributed by atoms with Crippen molar-refractivity contribution < 1.29 is 8.78 Å². The minimum atomic E-state index is -1.07. The summed E-state index contributed by atoms with van der Waals surface area (Å²) in [6.07, 6.45) is 0. The van der Waals surface area contributed by atoms with Crippen LogP contribution < -0.4 is 0 Å². The molecule has 0 bridgehead atoms. The van der Waals surface area contributed by atoms with E-state index in [2.05, 4.69) is 4.98 Å². The SMILES string of the molecule is N#Cc1c(F)nc2ccccc2c1F. The topological polar surface area (TPSA) is 36.7 Å². The highest BCUT2D eigenvalue weighted by Crippen LogP contribution is 2.20. The summed E-state index contributed by atoms with van der Waals surface area (Å²) in [6.45, 7) is 0. The fourth-order valence-corrected chi connectivity index (χ4v) is 1.24. The average molecular weight is 190 g/mol. The van der Waals surface area contributed by atoms with Gasteiger partial charge in [-0.3, -0.25) is 0 Å². The molecule has 0 saturated carbocycles. The largest absolute Gasteiger partial charge is 0.234 e. The van der Waals surface area contributed by atoms with Gasteiger partial charge in [-0.25, -0.2) is 9.37 Å². The number of nitrogens with zero attached hydrogens (tertiary/aromatic N) is 2. The summed E-state index contributed by atoms with van der Waals surface area (Å²) in [5.74, 6) is -1.92. The van der Waals surface area contributed by atoms with Gasteiger partial charge >= 0.3 is 0 Å². The molecule has 2 rings (SSSR count). The molecule has 2 nitrogen and oxygen atoms in total. The quantitative estimate of drug-likeness (QED) is 0.598. The van der Waals surface area contributed by atoms with Gasteiger partial charge in [0, 0.05) is 5.39 Å². The second kappa shape index (κ2) is 3.04. The maximum atomic E-state index is 13.4. The van der Waals surface area contributed by atoms with Gasteiger partial charge in [-0.1, -0.05) is 12.1 Å². The van der Waals surface area contributed by atoms with Crippen LogP contribution in [-0.2, 0) is 0 Å².